The lowest BCUT2D eigenvalue weighted by atomic mass is 10.1. The largest absolute Gasteiger partial charge is 0.488 e. The van der Waals surface area contributed by atoms with E-state index in [-0.39, 0.29) is 29.8 Å². The molecule has 2 aromatic carbocycles. The Labute approximate surface area is 157 Å². The highest BCUT2D eigenvalue weighted by molar-refractivity contribution is 7.89. The lowest BCUT2D eigenvalue weighted by molar-refractivity contribution is 0.0819. The zero-order chi connectivity index (χ0) is 19.4. The topological polar surface area (TPSA) is 66.8 Å². The fourth-order valence-corrected chi connectivity index (χ4v) is 5.01. The van der Waals surface area contributed by atoms with Gasteiger partial charge < -0.3 is 9.84 Å². The molecule has 8 heteroatoms. The highest BCUT2D eigenvalue weighted by atomic mass is 32.2. The molecule has 1 aliphatic rings. The van der Waals surface area contributed by atoms with Gasteiger partial charge in [-0.2, -0.15) is 4.31 Å². The maximum absolute atomic E-state index is 13.2. The lowest BCUT2D eigenvalue weighted by Crippen LogP contribution is -2.36. The standard InChI is InChI=1S/C19H21F2NO4S/c20-19(21)13-26-15-6-8-16(9-7-15)27(24,25)22(11-12-23)18-10-5-14-3-1-2-4-17(14)18/h1-4,6-9,18-19,23H,5,10-13H2. The van der Waals surface area contributed by atoms with Crippen LogP contribution >= 0.6 is 0 Å². The van der Waals surface area contributed by atoms with Crippen LogP contribution in [0.1, 0.15) is 23.6 Å². The van der Waals surface area contributed by atoms with Gasteiger partial charge in [0.15, 0.2) is 0 Å². The molecule has 0 aromatic heterocycles. The minimum Gasteiger partial charge on any atom is -0.488 e. The third kappa shape index (κ3) is 4.28. The molecule has 1 unspecified atom stereocenters. The molecule has 2 aromatic rings. The predicted molar refractivity (Wildman–Crippen MR) is 96.4 cm³/mol. The highest BCUT2D eigenvalue weighted by Crippen LogP contribution is 2.38. The molecule has 0 amide bonds. The van der Waals surface area contributed by atoms with Gasteiger partial charge in [0, 0.05) is 6.54 Å². The number of hydrogen-bond donors (Lipinski definition) is 1. The van der Waals surface area contributed by atoms with Crippen molar-refractivity contribution in [2.75, 3.05) is 19.8 Å². The Morgan fingerprint density at radius 1 is 1.15 bits per heavy atom. The van der Waals surface area contributed by atoms with Crippen LogP contribution in [-0.2, 0) is 16.4 Å². The van der Waals surface area contributed by atoms with E-state index in [1.165, 1.54) is 28.6 Å². The van der Waals surface area contributed by atoms with E-state index in [2.05, 4.69) is 0 Å². The van der Waals surface area contributed by atoms with Crippen molar-refractivity contribution in [3.05, 3.63) is 59.7 Å². The molecule has 146 valence electrons. The van der Waals surface area contributed by atoms with Crippen molar-refractivity contribution >= 4 is 10.0 Å². The Morgan fingerprint density at radius 3 is 2.52 bits per heavy atom. The van der Waals surface area contributed by atoms with E-state index in [1.807, 2.05) is 24.3 Å². The fourth-order valence-electron chi connectivity index (χ4n) is 3.38. The molecule has 0 bridgehead atoms. The van der Waals surface area contributed by atoms with Crippen LogP contribution in [0, 0.1) is 0 Å². The van der Waals surface area contributed by atoms with E-state index in [1.54, 1.807) is 0 Å². The number of aliphatic hydroxyl groups is 1. The Hall–Kier alpha value is -2.03. The second-order valence-electron chi connectivity index (χ2n) is 6.27. The van der Waals surface area contributed by atoms with Crippen molar-refractivity contribution < 1.29 is 27.0 Å². The average Bonchev–Trinajstić information content (AvgIpc) is 3.08. The second kappa shape index (κ2) is 8.33. The van der Waals surface area contributed by atoms with E-state index in [4.69, 9.17) is 4.74 Å². The van der Waals surface area contributed by atoms with Crippen LogP contribution in [0.4, 0.5) is 8.78 Å². The first-order chi connectivity index (χ1) is 12.9. The number of aryl methyl sites for hydroxylation is 1. The third-order valence-corrected chi connectivity index (χ3v) is 6.50. The Morgan fingerprint density at radius 2 is 1.85 bits per heavy atom. The van der Waals surface area contributed by atoms with Gasteiger partial charge in [-0.3, -0.25) is 0 Å². The highest BCUT2D eigenvalue weighted by Gasteiger charge is 2.35. The summed E-state index contributed by atoms with van der Waals surface area (Å²) in [5.41, 5.74) is 2.06. The molecule has 0 radical (unpaired) electrons. The number of sulfonamides is 1. The predicted octanol–water partition coefficient (Wildman–Crippen LogP) is 3.00. The van der Waals surface area contributed by atoms with Crippen molar-refractivity contribution in [1.82, 2.24) is 4.31 Å². The molecule has 27 heavy (non-hydrogen) atoms. The molecule has 1 N–H and O–H groups in total. The van der Waals surface area contributed by atoms with Crippen molar-refractivity contribution in [2.24, 2.45) is 0 Å². The number of hydrogen-bond acceptors (Lipinski definition) is 4. The lowest BCUT2D eigenvalue weighted by Gasteiger charge is -2.28. The van der Waals surface area contributed by atoms with Crippen molar-refractivity contribution in [3.63, 3.8) is 0 Å². The molecule has 0 fully saturated rings. The molecular formula is C19H21F2NO4S. The second-order valence-corrected chi connectivity index (χ2v) is 8.16. The SMILES string of the molecule is O=S(=O)(c1ccc(OCC(F)F)cc1)N(CCO)C1CCc2ccccc21. The van der Waals surface area contributed by atoms with Gasteiger partial charge in [-0.15, -0.1) is 0 Å². The van der Waals surface area contributed by atoms with Gasteiger partial charge in [0.05, 0.1) is 17.5 Å². The van der Waals surface area contributed by atoms with Crippen molar-refractivity contribution in [1.29, 1.82) is 0 Å². The average molecular weight is 397 g/mol. The fraction of sp³-hybridized carbons (Fsp3) is 0.368. The molecule has 1 aliphatic carbocycles. The molecule has 5 nitrogen and oxygen atoms in total. The van der Waals surface area contributed by atoms with Gasteiger partial charge in [-0.05, 0) is 48.2 Å². The van der Waals surface area contributed by atoms with E-state index in [0.717, 1.165) is 17.5 Å². The number of fused-ring (bicyclic) bond motifs is 1. The molecule has 0 heterocycles. The molecule has 0 saturated carbocycles. The van der Waals surface area contributed by atoms with E-state index in [9.17, 15) is 22.3 Å². The summed E-state index contributed by atoms with van der Waals surface area (Å²) in [5, 5.41) is 9.42. The summed E-state index contributed by atoms with van der Waals surface area (Å²) in [4.78, 5) is 0.0322. The van der Waals surface area contributed by atoms with Gasteiger partial charge >= 0.3 is 0 Å². The van der Waals surface area contributed by atoms with Crippen LogP contribution in [0.2, 0.25) is 0 Å². The van der Waals surface area contributed by atoms with Crippen LogP contribution < -0.4 is 4.74 Å². The minimum atomic E-state index is -3.87. The maximum Gasteiger partial charge on any atom is 0.272 e. The smallest absolute Gasteiger partial charge is 0.272 e. The van der Waals surface area contributed by atoms with E-state index >= 15 is 0 Å². The molecule has 0 saturated heterocycles. The molecule has 1 atom stereocenters. The summed E-state index contributed by atoms with van der Waals surface area (Å²) < 4.78 is 56.9. The summed E-state index contributed by atoms with van der Waals surface area (Å²) in [7, 11) is -3.87. The van der Waals surface area contributed by atoms with Crippen molar-refractivity contribution in [2.45, 2.75) is 30.2 Å². The van der Waals surface area contributed by atoms with Crippen LogP contribution in [0.5, 0.6) is 5.75 Å². The normalized spacial score (nSPS) is 16.7. The number of aliphatic hydroxyl groups excluding tert-OH is 1. The first kappa shape index (κ1) is 19.7. The Bertz CT molecular complexity index is 872. The third-order valence-electron chi connectivity index (χ3n) is 4.58. The monoisotopic (exact) mass is 397 g/mol. The molecule has 0 spiro atoms. The number of alkyl halides is 2. The number of rotatable bonds is 8. The Balaban J connectivity index is 1.86. The number of ether oxygens (including phenoxy) is 1. The molecular weight excluding hydrogens is 376 g/mol. The van der Waals surface area contributed by atoms with Gasteiger partial charge in [0.25, 0.3) is 6.43 Å². The first-order valence-electron chi connectivity index (χ1n) is 8.65. The van der Waals surface area contributed by atoms with E-state index < -0.39 is 23.1 Å². The maximum atomic E-state index is 13.2. The number of benzene rings is 2. The quantitative estimate of drug-likeness (QED) is 0.744. The summed E-state index contributed by atoms with van der Waals surface area (Å²) in [6.07, 6.45) is -1.18. The summed E-state index contributed by atoms with van der Waals surface area (Å²) >= 11 is 0. The number of nitrogens with zero attached hydrogens (tertiary/aromatic N) is 1. The molecule has 0 aliphatic heterocycles. The summed E-state index contributed by atoms with van der Waals surface area (Å²) in [5.74, 6) is 0.175. The van der Waals surface area contributed by atoms with Gasteiger partial charge in [0.2, 0.25) is 10.0 Å². The Kier molecular flexibility index (Phi) is 6.08. The van der Waals surface area contributed by atoms with Gasteiger partial charge in [0.1, 0.15) is 12.4 Å². The van der Waals surface area contributed by atoms with Crippen LogP contribution in [-0.4, -0.2) is 44.0 Å². The zero-order valence-electron chi connectivity index (χ0n) is 14.6. The van der Waals surface area contributed by atoms with Gasteiger partial charge in [-0.1, -0.05) is 24.3 Å². The van der Waals surface area contributed by atoms with E-state index in [0.29, 0.717) is 6.42 Å². The van der Waals surface area contributed by atoms with Crippen LogP contribution in [0.25, 0.3) is 0 Å². The van der Waals surface area contributed by atoms with Crippen molar-refractivity contribution in [3.8, 4) is 5.75 Å². The van der Waals surface area contributed by atoms with Crippen LogP contribution in [0.3, 0.4) is 0 Å². The number of halogens is 2. The summed E-state index contributed by atoms with van der Waals surface area (Å²) in [6.45, 7) is -1.07. The summed E-state index contributed by atoms with van der Waals surface area (Å²) in [6, 6.07) is 12.7. The van der Waals surface area contributed by atoms with Gasteiger partial charge in [-0.25, -0.2) is 17.2 Å². The van der Waals surface area contributed by atoms with Crippen LogP contribution in [0.15, 0.2) is 53.4 Å². The zero-order valence-corrected chi connectivity index (χ0v) is 15.4. The minimum absolute atomic E-state index is 0.0228. The first-order valence-corrected chi connectivity index (χ1v) is 10.1. The molecule has 3 rings (SSSR count).